The maximum atomic E-state index is 5.92. The van der Waals surface area contributed by atoms with Gasteiger partial charge in [-0.1, -0.05) is 41.9 Å². The fourth-order valence-electron chi connectivity index (χ4n) is 2.41. The zero-order valence-corrected chi connectivity index (χ0v) is 11.5. The predicted molar refractivity (Wildman–Crippen MR) is 81.1 cm³/mol. The molecule has 0 fully saturated rings. The van der Waals surface area contributed by atoms with E-state index >= 15 is 0 Å². The van der Waals surface area contributed by atoms with Gasteiger partial charge >= 0.3 is 0 Å². The van der Waals surface area contributed by atoms with Crippen molar-refractivity contribution in [3.63, 3.8) is 0 Å². The number of rotatable bonds is 2. The van der Waals surface area contributed by atoms with E-state index in [1.54, 1.807) is 0 Å². The molecular weight excluding hydrogens is 256 g/mol. The third kappa shape index (κ3) is 2.49. The molecule has 3 rings (SSSR count). The summed E-state index contributed by atoms with van der Waals surface area (Å²) in [5.74, 6) is 0.372. The van der Waals surface area contributed by atoms with Crippen molar-refractivity contribution in [2.75, 3.05) is 11.6 Å². The van der Waals surface area contributed by atoms with Gasteiger partial charge in [-0.25, -0.2) is 0 Å². The van der Waals surface area contributed by atoms with Crippen LogP contribution in [0.5, 0.6) is 0 Å². The quantitative estimate of drug-likeness (QED) is 0.793. The lowest BCUT2D eigenvalue weighted by atomic mass is 9.96. The van der Waals surface area contributed by atoms with Crippen LogP contribution in [0.15, 0.2) is 59.7 Å². The van der Waals surface area contributed by atoms with Gasteiger partial charge in [-0.2, -0.15) is 5.10 Å². The highest BCUT2D eigenvalue weighted by atomic mass is 35.5. The normalized spacial score (nSPS) is 18.5. The van der Waals surface area contributed by atoms with Crippen molar-refractivity contribution in [1.82, 2.24) is 0 Å². The van der Waals surface area contributed by atoms with Gasteiger partial charge in [0.25, 0.3) is 0 Å². The maximum Gasteiger partial charge on any atom is 0.0595 e. The van der Waals surface area contributed by atoms with Crippen molar-refractivity contribution in [3.8, 4) is 0 Å². The predicted octanol–water partition coefficient (Wildman–Crippen LogP) is 4.32. The summed E-state index contributed by atoms with van der Waals surface area (Å²) in [6, 6.07) is 18.3. The molecular formula is C16H15ClN2. The van der Waals surface area contributed by atoms with Crippen molar-refractivity contribution in [3.05, 3.63) is 65.2 Å². The molecule has 19 heavy (non-hydrogen) atoms. The summed E-state index contributed by atoms with van der Waals surface area (Å²) in [5.41, 5.74) is 3.56. The maximum absolute atomic E-state index is 5.92. The van der Waals surface area contributed by atoms with Crippen molar-refractivity contribution in [2.24, 2.45) is 5.10 Å². The standard InChI is InChI=1S/C16H15ClN2/c1-12-16(13-5-3-2-4-6-13)11-19(18-12)15-9-7-14(17)8-10-15/h2-10,16H,11H2,1H3. The molecule has 2 aromatic carbocycles. The Labute approximate surface area is 118 Å². The Hall–Kier alpha value is -1.80. The molecule has 1 aliphatic rings. The lowest BCUT2D eigenvalue weighted by Crippen LogP contribution is -2.17. The largest absolute Gasteiger partial charge is 0.265 e. The third-order valence-corrected chi connectivity index (χ3v) is 3.72. The molecule has 1 heterocycles. The Morgan fingerprint density at radius 2 is 1.74 bits per heavy atom. The second kappa shape index (κ2) is 5.06. The Balaban J connectivity index is 1.84. The first-order valence-electron chi connectivity index (χ1n) is 6.37. The zero-order chi connectivity index (χ0) is 13.2. The van der Waals surface area contributed by atoms with Crippen LogP contribution in [0.25, 0.3) is 0 Å². The number of anilines is 1. The van der Waals surface area contributed by atoms with Crippen LogP contribution in [0.1, 0.15) is 18.4 Å². The molecule has 0 saturated carbocycles. The first-order chi connectivity index (χ1) is 9.24. The number of halogens is 1. The molecule has 2 nitrogen and oxygen atoms in total. The fraction of sp³-hybridized carbons (Fsp3) is 0.188. The first kappa shape index (κ1) is 12.2. The minimum atomic E-state index is 0.372. The lowest BCUT2D eigenvalue weighted by Gasteiger charge is -2.16. The fourth-order valence-corrected chi connectivity index (χ4v) is 2.54. The van der Waals surface area contributed by atoms with Gasteiger partial charge in [0.1, 0.15) is 0 Å². The van der Waals surface area contributed by atoms with E-state index in [1.807, 2.05) is 35.3 Å². The SMILES string of the molecule is CC1=NN(c2ccc(Cl)cc2)CC1c1ccccc1. The van der Waals surface area contributed by atoms with Crippen molar-refractivity contribution in [1.29, 1.82) is 0 Å². The van der Waals surface area contributed by atoms with Crippen LogP contribution >= 0.6 is 11.6 Å². The van der Waals surface area contributed by atoms with Crippen LogP contribution in [-0.4, -0.2) is 12.3 Å². The van der Waals surface area contributed by atoms with Crippen molar-refractivity contribution in [2.45, 2.75) is 12.8 Å². The van der Waals surface area contributed by atoms with Gasteiger partial charge in [0, 0.05) is 16.7 Å². The Morgan fingerprint density at radius 1 is 1.05 bits per heavy atom. The van der Waals surface area contributed by atoms with E-state index in [0.29, 0.717) is 5.92 Å². The van der Waals surface area contributed by atoms with Gasteiger partial charge in [-0.15, -0.1) is 0 Å². The molecule has 0 spiro atoms. The Morgan fingerprint density at radius 3 is 2.42 bits per heavy atom. The molecule has 3 heteroatoms. The van der Waals surface area contributed by atoms with Crippen LogP contribution in [-0.2, 0) is 0 Å². The van der Waals surface area contributed by atoms with Gasteiger partial charge < -0.3 is 0 Å². The van der Waals surface area contributed by atoms with Gasteiger partial charge in [-0.05, 0) is 36.8 Å². The molecule has 1 unspecified atom stereocenters. The first-order valence-corrected chi connectivity index (χ1v) is 6.75. The summed E-state index contributed by atoms with van der Waals surface area (Å²) in [6.45, 7) is 2.98. The van der Waals surface area contributed by atoms with Crippen LogP contribution in [0.2, 0.25) is 5.02 Å². The second-order valence-electron chi connectivity index (χ2n) is 4.76. The molecule has 0 N–H and O–H groups in total. The number of nitrogens with zero attached hydrogens (tertiary/aromatic N) is 2. The van der Waals surface area contributed by atoms with Crippen LogP contribution in [0.3, 0.4) is 0 Å². The van der Waals surface area contributed by atoms with E-state index in [4.69, 9.17) is 11.6 Å². The van der Waals surface area contributed by atoms with Crippen LogP contribution in [0, 0.1) is 0 Å². The monoisotopic (exact) mass is 270 g/mol. The highest BCUT2D eigenvalue weighted by Crippen LogP contribution is 2.29. The Bertz CT molecular complexity index is 590. The molecule has 0 radical (unpaired) electrons. The summed E-state index contributed by atoms with van der Waals surface area (Å²) in [6.07, 6.45) is 0. The van der Waals surface area contributed by atoms with Crippen LogP contribution in [0.4, 0.5) is 5.69 Å². The van der Waals surface area contributed by atoms with E-state index in [9.17, 15) is 0 Å². The van der Waals surface area contributed by atoms with E-state index in [-0.39, 0.29) is 0 Å². The topological polar surface area (TPSA) is 15.6 Å². The average Bonchev–Trinajstić information content (AvgIpc) is 2.83. The molecule has 0 aromatic heterocycles. The molecule has 1 aliphatic heterocycles. The molecule has 1 atom stereocenters. The van der Waals surface area contributed by atoms with Crippen molar-refractivity contribution >= 4 is 23.0 Å². The molecule has 2 aromatic rings. The number of benzene rings is 2. The second-order valence-corrected chi connectivity index (χ2v) is 5.20. The van der Waals surface area contributed by atoms with Gasteiger partial charge in [-0.3, -0.25) is 5.01 Å². The number of hydrazone groups is 1. The highest BCUT2D eigenvalue weighted by molar-refractivity contribution is 6.30. The van der Waals surface area contributed by atoms with Gasteiger partial charge in [0.2, 0.25) is 0 Å². The zero-order valence-electron chi connectivity index (χ0n) is 10.8. The van der Waals surface area contributed by atoms with Crippen LogP contribution < -0.4 is 5.01 Å². The minimum absolute atomic E-state index is 0.372. The summed E-state index contributed by atoms with van der Waals surface area (Å²) >= 11 is 5.92. The lowest BCUT2D eigenvalue weighted by molar-refractivity contribution is 0.850. The van der Waals surface area contributed by atoms with E-state index in [1.165, 1.54) is 5.56 Å². The molecule has 0 bridgehead atoms. The molecule has 0 saturated heterocycles. The summed E-state index contributed by atoms with van der Waals surface area (Å²) in [4.78, 5) is 0. The summed E-state index contributed by atoms with van der Waals surface area (Å²) in [7, 11) is 0. The number of hydrogen-bond acceptors (Lipinski definition) is 2. The minimum Gasteiger partial charge on any atom is -0.265 e. The summed E-state index contributed by atoms with van der Waals surface area (Å²) in [5, 5.41) is 7.45. The van der Waals surface area contributed by atoms with E-state index < -0.39 is 0 Å². The Kier molecular flexibility index (Phi) is 3.26. The molecule has 0 amide bonds. The van der Waals surface area contributed by atoms with E-state index in [2.05, 4.69) is 36.3 Å². The van der Waals surface area contributed by atoms with E-state index in [0.717, 1.165) is 23.0 Å². The van der Waals surface area contributed by atoms with Gasteiger partial charge in [0.15, 0.2) is 0 Å². The van der Waals surface area contributed by atoms with Gasteiger partial charge in [0.05, 0.1) is 12.2 Å². The smallest absolute Gasteiger partial charge is 0.0595 e. The number of hydrogen-bond donors (Lipinski definition) is 0. The third-order valence-electron chi connectivity index (χ3n) is 3.46. The van der Waals surface area contributed by atoms with Crippen molar-refractivity contribution < 1.29 is 0 Å². The molecule has 0 aliphatic carbocycles. The highest BCUT2D eigenvalue weighted by Gasteiger charge is 2.25. The summed E-state index contributed by atoms with van der Waals surface area (Å²) < 4.78 is 0. The molecule has 96 valence electrons. The average molecular weight is 271 g/mol.